The van der Waals surface area contributed by atoms with Gasteiger partial charge in [-0.2, -0.15) is 0 Å². The fraction of sp³-hybridized carbons (Fsp3) is 0.375. The number of halogens is 3. The average Bonchev–Trinajstić information content (AvgIpc) is 2.16. The van der Waals surface area contributed by atoms with Crippen LogP contribution in [-0.2, 0) is 0 Å². The molecule has 0 saturated carbocycles. The van der Waals surface area contributed by atoms with Gasteiger partial charge in [-0.3, -0.25) is 0 Å². The molecule has 0 aromatic carbocycles. The number of hydrogen-bond donors (Lipinski definition) is 0. The van der Waals surface area contributed by atoms with Crippen LogP contribution in [-0.4, -0.2) is 19.2 Å². The van der Waals surface area contributed by atoms with Crippen LogP contribution < -0.4 is 9.47 Å². The Labute approximate surface area is 78.5 Å². The Morgan fingerprint density at radius 2 is 1.93 bits per heavy atom. The van der Waals surface area contributed by atoms with E-state index in [1.807, 2.05) is 0 Å². The molecule has 0 amide bonds. The van der Waals surface area contributed by atoms with Crippen LogP contribution in [0.25, 0.3) is 0 Å². The third-order valence-corrected chi connectivity index (χ3v) is 1.55. The molecule has 0 spiro atoms. The largest absolute Gasteiger partial charge is 0.492 e. The molecule has 6 heteroatoms. The lowest BCUT2D eigenvalue weighted by Gasteiger charge is -2.09. The molecule has 0 aliphatic heterocycles. The maximum Gasteiger partial charge on any atom is 0.284 e. The van der Waals surface area contributed by atoms with Gasteiger partial charge in [-0.25, -0.2) is 18.2 Å². The molecule has 78 valence electrons. The zero-order valence-corrected chi connectivity index (χ0v) is 7.55. The van der Waals surface area contributed by atoms with Gasteiger partial charge < -0.3 is 9.47 Å². The number of hydrogen-bond acceptors (Lipinski definition) is 3. The summed E-state index contributed by atoms with van der Waals surface area (Å²) in [5.74, 6) is -1.69. The normalized spacial score (nSPS) is 10.4. The smallest absolute Gasteiger partial charge is 0.284 e. The molecule has 1 rings (SSSR count). The predicted octanol–water partition coefficient (Wildman–Crippen LogP) is 2.18. The van der Waals surface area contributed by atoms with Crippen molar-refractivity contribution in [2.75, 3.05) is 14.2 Å². The second-order valence-electron chi connectivity index (χ2n) is 2.37. The van der Waals surface area contributed by atoms with Crippen molar-refractivity contribution in [3.63, 3.8) is 0 Å². The summed E-state index contributed by atoms with van der Waals surface area (Å²) in [5, 5.41) is 0. The first kappa shape index (κ1) is 10.6. The SMILES string of the molecule is COc1cc(F)c(OC)c(C(F)F)n1. The molecule has 0 aliphatic carbocycles. The van der Waals surface area contributed by atoms with E-state index in [1.54, 1.807) is 0 Å². The fourth-order valence-electron chi connectivity index (χ4n) is 0.953. The van der Waals surface area contributed by atoms with E-state index in [4.69, 9.17) is 0 Å². The van der Waals surface area contributed by atoms with Crippen LogP contribution in [0.2, 0.25) is 0 Å². The van der Waals surface area contributed by atoms with Crippen LogP contribution >= 0.6 is 0 Å². The van der Waals surface area contributed by atoms with Crippen LogP contribution in [0.1, 0.15) is 12.1 Å². The Hall–Kier alpha value is -1.46. The van der Waals surface area contributed by atoms with E-state index in [2.05, 4.69) is 14.5 Å². The van der Waals surface area contributed by atoms with Crippen LogP contribution in [0.5, 0.6) is 11.6 Å². The molecule has 0 atom stereocenters. The highest BCUT2D eigenvalue weighted by Crippen LogP contribution is 2.31. The van der Waals surface area contributed by atoms with Gasteiger partial charge in [0, 0.05) is 6.07 Å². The van der Waals surface area contributed by atoms with E-state index >= 15 is 0 Å². The molecule has 0 unspecified atom stereocenters. The monoisotopic (exact) mass is 207 g/mol. The highest BCUT2D eigenvalue weighted by Gasteiger charge is 2.21. The molecule has 1 heterocycles. The summed E-state index contributed by atoms with van der Waals surface area (Å²) >= 11 is 0. The van der Waals surface area contributed by atoms with Crippen molar-refractivity contribution in [1.29, 1.82) is 0 Å². The summed E-state index contributed by atoms with van der Waals surface area (Å²) in [6.45, 7) is 0. The van der Waals surface area contributed by atoms with Crippen molar-refractivity contribution in [1.82, 2.24) is 4.98 Å². The second kappa shape index (κ2) is 4.17. The number of pyridine rings is 1. The molecule has 1 aromatic heterocycles. The van der Waals surface area contributed by atoms with Gasteiger partial charge in [-0.05, 0) is 0 Å². The number of aromatic nitrogens is 1. The van der Waals surface area contributed by atoms with E-state index in [0.29, 0.717) is 0 Å². The summed E-state index contributed by atoms with van der Waals surface area (Å²) in [5.41, 5.74) is -0.760. The maximum atomic E-state index is 13.1. The lowest BCUT2D eigenvalue weighted by atomic mass is 10.3. The number of ether oxygens (including phenoxy) is 2. The first-order valence-electron chi connectivity index (χ1n) is 3.66. The summed E-state index contributed by atoms with van der Waals surface area (Å²) in [4.78, 5) is 3.39. The number of methoxy groups -OCH3 is 2. The van der Waals surface area contributed by atoms with Crippen molar-refractivity contribution in [3.05, 3.63) is 17.6 Å². The van der Waals surface area contributed by atoms with Crippen LogP contribution in [0.4, 0.5) is 13.2 Å². The predicted molar refractivity (Wildman–Crippen MR) is 42.3 cm³/mol. The van der Waals surface area contributed by atoms with Crippen LogP contribution in [0.3, 0.4) is 0 Å². The highest BCUT2D eigenvalue weighted by molar-refractivity contribution is 5.34. The molecule has 0 N–H and O–H groups in total. The topological polar surface area (TPSA) is 31.4 Å². The van der Waals surface area contributed by atoms with Crippen LogP contribution in [0, 0.1) is 5.82 Å². The summed E-state index contributed by atoms with van der Waals surface area (Å²) in [6.07, 6.45) is -2.91. The van der Waals surface area contributed by atoms with Crippen LogP contribution in [0.15, 0.2) is 6.07 Å². The molecule has 0 radical (unpaired) electrons. The highest BCUT2D eigenvalue weighted by atomic mass is 19.3. The molecular formula is C8H8F3NO2. The molecule has 1 aromatic rings. The number of rotatable bonds is 3. The molecule has 0 aliphatic rings. The summed E-state index contributed by atoms with van der Waals surface area (Å²) < 4.78 is 46.8. The Kier molecular flexibility index (Phi) is 3.16. The minimum atomic E-state index is -2.91. The Morgan fingerprint density at radius 3 is 2.36 bits per heavy atom. The maximum absolute atomic E-state index is 13.1. The minimum absolute atomic E-state index is 0.210. The van der Waals surface area contributed by atoms with Gasteiger partial charge in [0.25, 0.3) is 6.43 Å². The zero-order valence-electron chi connectivity index (χ0n) is 7.55. The van der Waals surface area contributed by atoms with E-state index in [9.17, 15) is 13.2 Å². The Bertz CT molecular complexity index is 331. The summed E-state index contributed by atoms with van der Waals surface area (Å²) in [7, 11) is 2.31. The van der Waals surface area contributed by atoms with E-state index in [0.717, 1.165) is 13.2 Å². The molecular weight excluding hydrogens is 199 g/mol. The van der Waals surface area contributed by atoms with Gasteiger partial charge >= 0.3 is 0 Å². The molecule has 0 fully saturated rings. The van der Waals surface area contributed by atoms with Crippen molar-refractivity contribution >= 4 is 0 Å². The van der Waals surface area contributed by atoms with E-state index in [-0.39, 0.29) is 5.88 Å². The van der Waals surface area contributed by atoms with Crippen molar-refractivity contribution < 1.29 is 22.6 Å². The van der Waals surface area contributed by atoms with Crippen molar-refractivity contribution in [2.24, 2.45) is 0 Å². The second-order valence-corrected chi connectivity index (χ2v) is 2.37. The van der Waals surface area contributed by atoms with Gasteiger partial charge in [0.1, 0.15) is 0 Å². The van der Waals surface area contributed by atoms with Crippen molar-refractivity contribution in [3.8, 4) is 11.6 Å². The lowest BCUT2D eigenvalue weighted by molar-refractivity contribution is 0.139. The number of alkyl halides is 2. The lowest BCUT2D eigenvalue weighted by Crippen LogP contribution is -2.01. The van der Waals surface area contributed by atoms with Gasteiger partial charge in [0.15, 0.2) is 17.3 Å². The Balaban J connectivity index is 3.28. The van der Waals surface area contributed by atoms with Gasteiger partial charge in [-0.15, -0.1) is 0 Å². The number of nitrogens with zero attached hydrogens (tertiary/aromatic N) is 1. The van der Waals surface area contributed by atoms with E-state index < -0.39 is 23.7 Å². The third-order valence-electron chi connectivity index (χ3n) is 1.55. The van der Waals surface area contributed by atoms with Gasteiger partial charge in [0.2, 0.25) is 5.88 Å². The molecule has 0 saturated heterocycles. The molecule has 0 bridgehead atoms. The standard InChI is InChI=1S/C8H8F3NO2/c1-13-5-3-4(9)7(14-2)6(12-5)8(10)11/h3,8H,1-2H3. The van der Waals surface area contributed by atoms with Crippen molar-refractivity contribution in [2.45, 2.75) is 6.43 Å². The first-order chi connectivity index (χ1) is 6.60. The Morgan fingerprint density at radius 1 is 1.29 bits per heavy atom. The van der Waals surface area contributed by atoms with Gasteiger partial charge in [-0.1, -0.05) is 0 Å². The molecule has 3 nitrogen and oxygen atoms in total. The zero-order chi connectivity index (χ0) is 10.7. The first-order valence-corrected chi connectivity index (χ1v) is 3.66. The van der Waals surface area contributed by atoms with E-state index in [1.165, 1.54) is 7.11 Å². The molecule has 14 heavy (non-hydrogen) atoms. The average molecular weight is 207 g/mol. The minimum Gasteiger partial charge on any atom is -0.492 e. The third kappa shape index (κ3) is 1.89. The fourth-order valence-corrected chi connectivity index (χ4v) is 0.953. The summed E-state index contributed by atoms with van der Waals surface area (Å²) in [6, 6.07) is 0.880. The van der Waals surface area contributed by atoms with Gasteiger partial charge in [0.05, 0.1) is 14.2 Å². The quantitative estimate of drug-likeness (QED) is 0.761.